The van der Waals surface area contributed by atoms with Gasteiger partial charge in [-0.2, -0.15) is 0 Å². The van der Waals surface area contributed by atoms with Gasteiger partial charge in [0.1, 0.15) is 5.65 Å². The van der Waals surface area contributed by atoms with E-state index in [4.69, 9.17) is 16.3 Å². The predicted octanol–water partition coefficient (Wildman–Crippen LogP) is 4.57. The van der Waals surface area contributed by atoms with Crippen LogP contribution in [-0.2, 0) is 4.74 Å². The highest BCUT2D eigenvalue weighted by atomic mass is 35.5. The van der Waals surface area contributed by atoms with E-state index in [0.717, 1.165) is 66.3 Å². The van der Waals surface area contributed by atoms with Crippen LogP contribution < -0.4 is 10.5 Å². The molecule has 36 heavy (non-hydrogen) atoms. The van der Waals surface area contributed by atoms with E-state index in [0.29, 0.717) is 11.1 Å². The average molecular weight is 504 g/mol. The normalized spacial score (nSPS) is 17.1. The Bertz CT molecular complexity index is 1440. The minimum atomic E-state index is -0.117. The van der Waals surface area contributed by atoms with Crippen molar-refractivity contribution < 1.29 is 4.74 Å². The first-order chi connectivity index (χ1) is 17.6. The summed E-state index contributed by atoms with van der Waals surface area (Å²) in [5, 5.41) is 1.69. The summed E-state index contributed by atoms with van der Waals surface area (Å²) in [7, 11) is 2.14. The number of rotatable bonds is 7. The van der Waals surface area contributed by atoms with Crippen molar-refractivity contribution in [3.63, 3.8) is 0 Å². The largest absolute Gasteiger partial charge is 0.378 e. The molecule has 1 N–H and O–H groups in total. The van der Waals surface area contributed by atoms with Gasteiger partial charge < -0.3 is 24.1 Å². The van der Waals surface area contributed by atoms with Gasteiger partial charge in [0.05, 0.1) is 31.1 Å². The van der Waals surface area contributed by atoms with Crippen LogP contribution in [0.3, 0.4) is 0 Å². The van der Waals surface area contributed by atoms with Crippen molar-refractivity contribution in [3.8, 4) is 11.1 Å². The standard InChI is InChI=1S/C28H30ClN5O2/c1-32(22-5-6-22)18-26(20-3-2-4-21(29)13-20)34-8-7-19(14-27(34)35)25-17-31-28-24(25)15-23(16-30-28)33-9-11-36-12-10-33/h2-4,7-8,13-17,22,26H,5-6,9-12,18H2,1H3,(H,30,31)/t26-/m1/s1. The number of hydrogen-bond acceptors (Lipinski definition) is 5. The minimum Gasteiger partial charge on any atom is -0.378 e. The molecule has 0 radical (unpaired) electrons. The van der Waals surface area contributed by atoms with Gasteiger partial charge in [-0.05, 0) is 55.3 Å². The van der Waals surface area contributed by atoms with Gasteiger partial charge in [-0.3, -0.25) is 4.79 Å². The Morgan fingerprint density at radius 1 is 1.19 bits per heavy atom. The number of aromatic amines is 1. The van der Waals surface area contributed by atoms with Crippen molar-refractivity contribution in [2.24, 2.45) is 0 Å². The Hall–Kier alpha value is -3.13. The number of ether oxygens (including phenoxy) is 1. The zero-order valence-corrected chi connectivity index (χ0v) is 21.1. The number of nitrogens with one attached hydrogen (secondary N) is 1. The molecule has 0 bridgehead atoms. The number of pyridine rings is 2. The van der Waals surface area contributed by atoms with Crippen molar-refractivity contribution in [1.82, 2.24) is 19.4 Å². The van der Waals surface area contributed by atoms with E-state index in [-0.39, 0.29) is 11.6 Å². The summed E-state index contributed by atoms with van der Waals surface area (Å²) in [4.78, 5) is 26.1. The summed E-state index contributed by atoms with van der Waals surface area (Å²) in [6, 6.07) is 14.2. The van der Waals surface area contributed by atoms with Gasteiger partial charge in [0.15, 0.2) is 0 Å². The van der Waals surface area contributed by atoms with Crippen molar-refractivity contribution in [2.75, 3.05) is 44.8 Å². The van der Waals surface area contributed by atoms with E-state index < -0.39 is 0 Å². The second kappa shape index (κ2) is 9.73. The molecule has 1 atom stereocenters. The third-order valence-electron chi connectivity index (χ3n) is 7.35. The lowest BCUT2D eigenvalue weighted by Gasteiger charge is -2.28. The number of anilines is 1. The summed E-state index contributed by atoms with van der Waals surface area (Å²) < 4.78 is 7.33. The molecule has 8 heteroatoms. The van der Waals surface area contributed by atoms with Crippen LogP contribution in [0, 0.1) is 0 Å². The highest BCUT2D eigenvalue weighted by Gasteiger charge is 2.29. The molecule has 1 saturated heterocycles. The zero-order valence-electron chi connectivity index (χ0n) is 20.4. The predicted molar refractivity (Wildman–Crippen MR) is 144 cm³/mol. The van der Waals surface area contributed by atoms with E-state index in [1.165, 1.54) is 12.8 Å². The first kappa shape index (κ1) is 23.3. The topological polar surface area (TPSA) is 66.4 Å². The fourth-order valence-electron chi connectivity index (χ4n) is 5.15. The van der Waals surface area contributed by atoms with E-state index in [1.54, 1.807) is 6.07 Å². The molecule has 2 fully saturated rings. The number of aromatic nitrogens is 3. The fraction of sp³-hybridized carbons (Fsp3) is 0.357. The molecule has 0 spiro atoms. The molecular formula is C28H30ClN5O2. The van der Waals surface area contributed by atoms with Crippen molar-refractivity contribution >= 4 is 28.3 Å². The molecule has 2 aliphatic rings. The Morgan fingerprint density at radius 2 is 2.03 bits per heavy atom. The molecule has 1 aromatic carbocycles. The summed E-state index contributed by atoms with van der Waals surface area (Å²) in [5.41, 5.74) is 4.75. The zero-order chi connectivity index (χ0) is 24.6. The van der Waals surface area contributed by atoms with E-state index >= 15 is 0 Å². The Kier molecular flexibility index (Phi) is 6.29. The average Bonchev–Trinajstić information content (AvgIpc) is 3.67. The number of nitrogens with zero attached hydrogens (tertiary/aromatic N) is 4. The Labute approximate surface area is 215 Å². The lowest BCUT2D eigenvalue weighted by atomic mass is 10.0. The second-order valence-corrected chi connectivity index (χ2v) is 10.2. The van der Waals surface area contributed by atoms with Crippen LogP contribution in [0.5, 0.6) is 0 Å². The third-order valence-corrected chi connectivity index (χ3v) is 7.59. The van der Waals surface area contributed by atoms with Gasteiger partial charge in [-0.15, -0.1) is 0 Å². The molecule has 4 aromatic rings. The molecule has 7 nitrogen and oxygen atoms in total. The molecule has 0 unspecified atom stereocenters. The fourth-order valence-corrected chi connectivity index (χ4v) is 5.34. The highest BCUT2D eigenvalue weighted by molar-refractivity contribution is 6.30. The molecule has 4 heterocycles. The Morgan fingerprint density at radius 3 is 2.78 bits per heavy atom. The minimum absolute atomic E-state index is 0.0340. The SMILES string of the molecule is CN(C[C@H](c1cccc(Cl)c1)n1ccc(-c2c[nH]c3ncc(N4CCOCC4)cc23)cc1=O)C1CC1. The van der Waals surface area contributed by atoms with E-state index in [2.05, 4.69) is 38.9 Å². The number of likely N-dealkylation sites (N-methyl/N-ethyl adjacent to an activating group) is 1. The molecule has 3 aromatic heterocycles. The molecule has 0 amide bonds. The number of hydrogen-bond donors (Lipinski definition) is 1. The van der Waals surface area contributed by atoms with Crippen LogP contribution in [0.15, 0.2) is 65.8 Å². The van der Waals surface area contributed by atoms with Crippen LogP contribution in [0.25, 0.3) is 22.2 Å². The van der Waals surface area contributed by atoms with Crippen LogP contribution >= 0.6 is 11.6 Å². The lowest BCUT2D eigenvalue weighted by molar-refractivity contribution is 0.122. The quantitative estimate of drug-likeness (QED) is 0.400. The summed E-state index contributed by atoms with van der Waals surface area (Å²) >= 11 is 6.32. The van der Waals surface area contributed by atoms with E-state index in [9.17, 15) is 4.79 Å². The summed E-state index contributed by atoms with van der Waals surface area (Å²) in [5.74, 6) is 0. The molecular weight excluding hydrogens is 474 g/mol. The lowest BCUT2D eigenvalue weighted by Crippen LogP contribution is -2.36. The van der Waals surface area contributed by atoms with Gasteiger partial charge in [0.2, 0.25) is 0 Å². The van der Waals surface area contributed by atoms with Gasteiger partial charge in [0.25, 0.3) is 5.56 Å². The van der Waals surface area contributed by atoms with Crippen molar-refractivity contribution in [3.05, 3.63) is 82.0 Å². The third kappa shape index (κ3) is 4.66. The number of H-pyrrole nitrogens is 1. The molecule has 186 valence electrons. The van der Waals surface area contributed by atoms with Crippen molar-refractivity contribution in [2.45, 2.75) is 24.9 Å². The molecule has 1 aliphatic carbocycles. The van der Waals surface area contributed by atoms with Crippen LogP contribution in [0.1, 0.15) is 24.4 Å². The van der Waals surface area contributed by atoms with Crippen LogP contribution in [0.4, 0.5) is 5.69 Å². The number of halogens is 1. The molecule has 1 saturated carbocycles. The summed E-state index contributed by atoms with van der Waals surface area (Å²) in [6.07, 6.45) is 8.19. The van der Waals surface area contributed by atoms with Crippen LogP contribution in [0.2, 0.25) is 5.02 Å². The van der Waals surface area contributed by atoms with Gasteiger partial charge in [-0.25, -0.2) is 4.98 Å². The van der Waals surface area contributed by atoms with Crippen molar-refractivity contribution in [1.29, 1.82) is 0 Å². The van der Waals surface area contributed by atoms with E-state index in [1.807, 2.05) is 47.4 Å². The van der Waals surface area contributed by atoms with Gasteiger partial charge in [-0.1, -0.05) is 23.7 Å². The smallest absolute Gasteiger partial charge is 0.251 e. The number of fused-ring (bicyclic) bond motifs is 1. The Balaban J connectivity index is 1.36. The summed E-state index contributed by atoms with van der Waals surface area (Å²) in [6.45, 7) is 3.90. The molecule has 6 rings (SSSR count). The van der Waals surface area contributed by atoms with Crippen LogP contribution in [-0.4, -0.2) is 65.4 Å². The maximum Gasteiger partial charge on any atom is 0.251 e. The van der Waals surface area contributed by atoms with Gasteiger partial charge in [0, 0.05) is 60.1 Å². The number of morpholine rings is 1. The maximum atomic E-state index is 13.5. The number of benzene rings is 1. The highest BCUT2D eigenvalue weighted by Crippen LogP contribution is 2.32. The van der Waals surface area contributed by atoms with Gasteiger partial charge >= 0.3 is 0 Å². The maximum absolute atomic E-state index is 13.5. The first-order valence-corrected chi connectivity index (χ1v) is 12.9. The molecule has 1 aliphatic heterocycles. The first-order valence-electron chi connectivity index (χ1n) is 12.5. The second-order valence-electron chi connectivity index (χ2n) is 9.79. The monoisotopic (exact) mass is 503 g/mol.